The maximum Gasteiger partial charge on any atom is 0.0730 e. The van der Waals surface area contributed by atoms with Crippen molar-refractivity contribution in [2.24, 2.45) is 17.1 Å². The van der Waals surface area contributed by atoms with Gasteiger partial charge in [0.25, 0.3) is 0 Å². The highest BCUT2D eigenvalue weighted by molar-refractivity contribution is 5.14. The third kappa shape index (κ3) is 1.18. The number of ether oxygens (including phenoxy) is 1. The SMILES string of the molecule is CCOC(CN)C1CC12CC2. The van der Waals surface area contributed by atoms with E-state index >= 15 is 0 Å². The van der Waals surface area contributed by atoms with E-state index in [4.69, 9.17) is 10.5 Å². The minimum absolute atomic E-state index is 0.363. The summed E-state index contributed by atoms with van der Waals surface area (Å²) in [4.78, 5) is 0. The molecule has 0 heterocycles. The summed E-state index contributed by atoms with van der Waals surface area (Å²) in [6.07, 6.45) is 4.61. The Morgan fingerprint density at radius 2 is 2.36 bits per heavy atom. The Morgan fingerprint density at radius 1 is 1.64 bits per heavy atom. The van der Waals surface area contributed by atoms with E-state index in [0.29, 0.717) is 12.6 Å². The quantitative estimate of drug-likeness (QED) is 0.661. The molecule has 1 spiro atoms. The van der Waals surface area contributed by atoms with E-state index in [-0.39, 0.29) is 0 Å². The number of rotatable bonds is 4. The zero-order chi connectivity index (χ0) is 7.90. The fourth-order valence-electron chi connectivity index (χ4n) is 2.20. The summed E-state index contributed by atoms with van der Waals surface area (Å²) in [5.74, 6) is 0.812. The van der Waals surface area contributed by atoms with Crippen molar-refractivity contribution in [2.75, 3.05) is 13.2 Å². The van der Waals surface area contributed by atoms with Crippen LogP contribution in [-0.2, 0) is 4.74 Å². The topological polar surface area (TPSA) is 35.2 Å². The fourth-order valence-corrected chi connectivity index (χ4v) is 2.20. The zero-order valence-electron chi connectivity index (χ0n) is 7.18. The number of nitrogens with two attached hydrogens (primary N) is 1. The van der Waals surface area contributed by atoms with E-state index in [1.54, 1.807) is 0 Å². The van der Waals surface area contributed by atoms with E-state index in [2.05, 4.69) is 0 Å². The highest BCUT2D eigenvalue weighted by Crippen LogP contribution is 2.71. The molecule has 2 aliphatic rings. The van der Waals surface area contributed by atoms with Crippen molar-refractivity contribution < 1.29 is 4.74 Å². The van der Waals surface area contributed by atoms with Crippen LogP contribution in [0.4, 0.5) is 0 Å². The Labute approximate surface area is 68.1 Å². The maximum atomic E-state index is 5.62. The molecule has 2 fully saturated rings. The molecule has 2 nitrogen and oxygen atoms in total. The lowest BCUT2D eigenvalue weighted by Crippen LogP contribution is -2.26. The third-order valence-electron chi connectivity index (χ3n) is 3.21. The summed E-state index contributed by atoms with van der Waals surface area (Å²) in [5.41, 5.74) is 6.36. The van der Waals surface area contributed by atoms with Gasteiger partial charge in [-0.05, 0) is 37.5 Å². The Hall–Kier alpha value is -0.0800. The molecule has 0 amide bonds. The molecule has 2 aliphatic carbocycles. The molecule has 2 atom stereocenters. The summed E-state index contributed by atoms with van der Waals surface area (Å²) in [6, 6.07) is 0. The van der Waals surface area contributed by atoms with Gasteiger partial charge in [0.15, 0.2) is 0 Å². The van der Waals surface area contributed by atoms with Gasteiger partial charge in [0.05, 0.1) is 6.10 Å². The molecule has 64 valence electrons. The van der Waals surface area contributed by atoms with Gasteiger partial charge in [-0.3, -0.25) is 0 Å². The molecule has 0 radical (unpaired) electrons. The maximum absolute atomic E-state index is 5.62. The molecule has 2 heteroatoms. The van der Waals surface area contributed by atoms with E-state index < -0.39 is 0 Å². The molecule has 0 aromatic rings. The Kier molecular flexibility index (Phi) is 1.69. The predicted octanol–water partition coefficient (Wildman–Crippen LogP) is 1.15. The number of hydrogen-bond acceptors (Lipinski definition) is 2. The minimum atomic E-state index is 0.363. The van der Waals surface area contributed by atoms with Crippen molar-refractivity contribution in [1.82, 2.24) is 0 Å². The van der Waals surface area contributed by atoms with Crippen LogP contribution < -0.4 is 5.73 Å². The van der Waals surface area contributed by atoms with E-state index in [0.717, 1.165) is 17.9 Å². The number of hydrogen-bond donors (Lipinski definition) is 1. The van der Waals surface area contributed by atoms with E-state index in [1.807, 2.05) is 6.92 Å². The molecule has 2 saturated carbocycles. The Balaban J connectivity index is 1.82. The van der Waals surface area contributed by atoms with Crippen LogP contribution in [0.15, 0.2) is 0 Å². The highest BCUT2D eigenvalue weighted by atomic mass is 16.5. The second-order valence-corrected chi connectivity index (χ2v) is 3.90. The van der Waals surface area contributed by atoms with Gasteiger partial charge in [0.1, 0.15) is 0 Å². The van der Waals surface area contributed by atoms with Crippen LogP contribution in [0.25, 0.3) is 0 Å². The minimum Gasteiger partial charge on any atom is -0.377 e. The monoisotopic (exact) mass is 155 g/mol. The van der Waals surface area contributed by atoms with Crippen LogP contribution in [0, 0.1) is 11.3 Å². The molecule has 0 aromatic carbocycles. The smallest absolute Gasteiger partial charge is 0.0730 e. The molecule has 0 saturated heterocycles. The van der Waals surface area contributed by atoms with Gasteiger partial charge in [0.2, 0.25) is 0 Å². The Bertz CT molecular complexity index is 154. The van der Waals surface area contributed by atoms with Crippen LogP contribution in [-0.4, -0.2) is 19.3 Å². The second-order valence-electron chi connectivity index (χ2n) is 3.90. The second kappa shape index (κ2) is 2.46. The standard InChI is InChI=1S/C9H17NO/c1-2-11-8(6-10)7-5-9(7)3-4-9/h7-8H,2-6,10H2,1H3. The molecule has 11 heavy (non-hydrogen) atoms. The summed E-state index contributed by atoms with van der Waals surface area (Å²) in [5, 5.41) is 0. The molecule has 2 N–H and O–H groups in total. The largest absolute Gasteiger partial charge is 0.377 e. The van der Waals surface area contributed by atoms with Crippen molar-refractivity contribution in [1.29, 1.82) is 0 Å². The molecular formula is C9H17NO. The zero-order valence-corrected chi connectivity index (χ0v) is 7.18. The normalized spacial score (nSPS) is 33.8. The first-order chi connectivity index (χ1) is 5.32. The molecule has 0 bridgehead atoms. The van der Waals surface area contributed by atoms with Crippen LogP contribution >= 0.6 is 0 Å². The predicted molar refractivity (Wildman–Crippen MR) is 44.2 cm³/mol. The lowest BCUT2D eigenvalue weighted by Gasteiger charge is -2.13. The average Bonchev–Trinajstić information content (AvgIpc) is 2.89. The first-order valence-electron chi connectivity index (χ1n) is 4.64. The van der Waals surface area contributed by atoms with Gasteiger partial charge in [-0.1, -0.05) is 0 Å². The molecular weight excluding hydrogens is 138 g/mol. The summed E-state index contributed by atoms with van der Waals surface area (Å²) >= 11 is 0. The van der Waals surface area contributed by atoms with Crippen molar-refractivity contribution in [3.05, 3.63) is 0 Å². The lowest BCUT2D eigenvalue weighted by molar-refractivity contribution is 0.0485. The first-order valence-corrected chi connectivity index (χ1v) is 4.64. The van der Waals surface area contributed by atoms with E-state index in [9.17, 15) is 0 Å². The van der Waals surface area contributed by atoms with Crippen molar-refractivity contribution in [2.45, 2.75) is 32.3 Å². The molecule has 0 aromatic heterocycles. The van der Waals surface area contributed by atoms with Gasteiger partial charge in [-0.15, -0.1) is 0 Å². The molecule has 0 aliphatic heterocycles. The van der Waals surface area contributed by atoms with E-state index in [1.165, 1.54) is 19.3 Å². The lowest BCUT2D eigenvalue weighted by atomic mass is 10.2. The van der Waals surface area contributed by atoms with Crippen molar-refractivity contribution in [3.8, 4) is 0 Å². The highest BCUT2D eigenvalue weighted by Gasteiger charge is 2.64. The Morgan fingerprint density at radius 3 is 2.73 bits per heavy atom. The van der Waals surface area contributed by atoms with Gasteiger partial charge in [-0.2, -0.15) is 0 Å². The van der Waals surface area contributed by atoms with Gasteiger partial charge >= 0.3 is 0 Å². The van der Waals surface area contributed by atoms with Crippen LogP contribution in [0.5, 0.6) is 0 Å². The fraction of sp³-hybridized carbons (Fsp3) is 1.00. The van der Waals surface area contributed by atoms with Gasteiger partial charge < -0.3 is 10.5 Å². The molecule has 2 unspecified atom stereocenters. The van der Waals surface area contributed by atoms with Crippen molar-refractivity contribution >= 4 is 0 Å². The average molecular weight is 155 g/mol. The first kappa shape index (κ1) is 7.56. The summed E-state index contributed by atoms with van der Waals surface area (Å²) in [6.45, 7) is 3.57. The summed E-state index contributed by atoms with van der Waals surface area (Å²) < 4.78 is 5.57. The van der Waals surface area contributed by atoms with Crippen LogP contribution in [0.3, 0.4) is 0 Å². The van der Waals surface area contributed by atoms with Crippen LogP contribution in [0.1, 0.15) is 26.2 Å². The van der Waals surface area contributed by atoms with Gasteiger partial charge in [-0.25, -0.2) is 0 Å². The third-order valence-corrected chi connectivity index (χ3v) is 3.21. The molecule has 2 rings (SSSR count). The van der Waals surface area contributed by atoms with Crippen LogP contribution in [0.2, 0.25) is 0 Å². The summed E-state index contributed by atoms with van der Waals surface area (Å²) in [7, 11) is 0. The van der Waals surface area contributed by atoms with Gasteiger partial charge in [0, 0.05) is 13.2 Å². The van der Waals surface area contributed by atoms with Crippen molar-refractivity contribution in [3.63, 3.8) is 0 Å².